The van der Waals surface area contributed by atoms with E-state index in [0.29, 0.717) is 12.0 Å². The van der Waals surface area contributed by atoms with Gasteiger partial charge in [0.15, 0.2) is 0 Å². The van der Waals surface area contributed by atoms with E-state index < -0.39 is 0 Å². The van der Waals surface area contributed by atoms with Gasteiger partial charge in [-0.1, -0.05) is 26.3 Å². The third-order valence-electron chi connectivity index (χ3n) is 4.96. The molecule has 1 saturated carbocycles. The average Bonchev–Trinajstić information content (AvgIpc) is 2.52. The molecule has 1 aliphatic carbocycles. The van der Waals surface area contributed by atoms with Crippen LogP contribution in [0, 0.1) is 5.92 Å². The zero-order valence-electron chi connectivity index (χ0n) is 14.2. The van der Waals surface area contributed by atoms with Gasteiger partial charge >= 0.3 is 0 Å². The van der Waals surface area contributed by atoms with E-state index in [1.807, 2.05) is 0 Å². The summed E-state index contributed by atoms with van der Waals surface area (Å²) < 4.78 is 12.6. The summed E-state index contributed by atoms with van der Waals surface area (Å²) in [6, 6.07) is 6.57. The standard InChI is InChI=1S/C19H29NO2/c1-14(2)13-21-16-8-7-9-17-18(16)15(20-3)12-19(22-17)10-5-4-6-11-19/h7-9,14-15,20H,4-6,10-13H2,1-3H3. The van der Waals surface area contributed by atoms with Crippen LogP contribution in [0.2, 0.25) is 0 Å². The molecule has 1 N–H and O–H groups in total. The Morgan fingerprint density at radius 2 is 2.05 bits per heavy atom. The van der Waals surface area contributed by atoms with Gasteiger partial charge in [0.25, 0.3) is 0 Å². The van der Waals surface area contributed by atoms with Gasteiger partial charge in [-0.15, -0.1) is 0 Å². The molecule has 0 saturated heterocycles. The van der Waals surface area contributed by atoms with Crippen LogP contribution in [0.5, 0.6) is 11.5 Å². The molecule has 3 rings (SSSR count). The molecule has 0 aromatic heterocycles. The molecule has 1 heterocycles. The molecule has 1 spiro atoms. The smallest absolute Gasteiger partial charge is 0.128 e. The third kappa shape index (κ3) is 3.10. The minimum atomic E-state index is 0.0373. The van der Waals surface area contributed by atoms with Crippen molar-refractivity contribution in [2.75, 3.05) is 13.7 Å². The predicted octanol–water partition coefficient (Wildman–Crippen LogP) is 4.47. The van der Waals surface area contributed by atoms with Gasteiger partial charge in [0.2, 0.25) is 0 Å². The second-order valence-corrected chi connectivity index (χ2v) is 7.26. The maximum absolute atomic E-state index is 6.52. The summed E-state index contributed by atoms with van der Waals surface area (Å²) in [4.78, 5) is 0. The SMILES string of the molecule is CNC1CC2(CCCCC2)Oc2cccc(OCC(C)C)c21. The lowest BCUT2D eigenvalue weighted by Gasteiger charge is -2.45. The molecule has 22 heavy (non-hydrogen) atoms. The summed E-state index contributed by atoms with van der Waals surface area (Å²) in [7, 11) is 2.05. The van der Waals surface area contributed by atoms with Gasteiger partial charge in [0.1, 0.15) is 17.1 Å². The van der Waals surface area contributed by atoms with E-state index in [9.17, 15) is 0 Å². The molecule has 1 fully saturated rings. The van der Waals surface area contributed by atoms with E-state index in [2.05, 4.69) is 44.4 Å². The third-order valence-corrected chi connectivity index (χ3v) is 4.96. The fraction of sp³-hybridized carbons (Fsp3) is 0.684. The summed E-state index contributed by atoms with van der Waals surface area (Å²) in [5, 5.41) is 3.50. The Bertz CT molecular complexity index is 506. The molecular weight excluding hydrogens is 274 g/mol. The van der Waals surface area contributed by atoms with E-state index in [1.54, 1.807) is 0 Å². The minimum Gasteiger partial charge on any atom is -0.493 e. The van der Waals surface area contributed by atoms with Crippen molar-refractivity contribution in [3.05, 3.63) is 23.8 Å². The van der Waals surface area contributed by atoms with E-state index in [0.717, 1.165) is 24.5 Å². The molecule has 1 unspecified atom stereocenters. The summed E-state index contributed by atoms with van der Waals surface area (Å²) in [6.07, 6.45) is 7.34. The zero-order chi connectivity index (χ0) is 15.6. The Morgan fingerprint density at radius 3 is 2.73 bits per heavy atom. The Labute approximate surface area is 134 Å². The number of rotatable bonds is 4. The fourth-order valence-electron chi connectivity index (χ4n) is 3.84. The lowest BCUT2D eigenvalue weighted by Crippen LogP contribution is -2.45. The zero-order valence-corrected chi connectivity index (χ0v) is 14.2. The molecule has 1 aromatic rings. The summed E-state index contributed by atoms with van der Waals surface area (Å²) in [5.41, 5.74) is 1.25. The van der Waals surface area contributed by atoms with Gasteiger partial charge in [-0.25, -0.2) is 0 Å². The minimum absolute atomic E-state index is 0.0373. The number of nitrogens with one attached hydrogen (secondary N) is 1. The molecule has 3 nitrogen and oxygen atoms in total. The molecule has 1 aliphatic heterocycles. The maximum Gasteiger partial charge on any atom is 0.128 e. The van der Waals surface area contributed by atoms with Crippen molar-refractivity contribution in [3.8, 4) is 11.5 Å². The first-order chi connectivity index (χ1) is 10.6. The number of fused-ring (bicyclic) bond motifs is 1. The predicted molar refractivity (Wildman–Crippen MR) is 89.6 cm³/mol. The van der Waals surface area contributed by atoms with Gasteiger partial charge in [-0.3, -0.25) is 0 Å². The highest BCUT2D eigenvalue weighted by molar-refractivity contribution is 5.49. The monoisotopic (exact) mass is 303 g/mol. The van der Waals surface area contributed by atoms with E-state index in [4.69, 9.17) is 9.47 Å². The van der Waals surface area contributed by atoms with Crippen LogP contribution in [-0.4, -0.2) is 19.3 Å². The summed E-state index contributed by atoms with van der Waals surface area (Å²) in [5.74, 6) is 2.53. The van der Waals surface area contributed by atoms with Crippen LogP contribution >= 0.6 is 0 Å². The first kappa shape index (κ1) is 15.7. The van der Waals surface area contributed by atoms with Crippen LogP contribution in [-0.2, 0) is 0 Å². The highest BCUT2D eigenvalue weighted by atomic mass is 16.5. The number of hydrogen-bond donors (Lipinski definition) is 1. The number of benzene rings is 1. The van der Waals surface area contributed by atoms with Gasteiger partial charge in [0, 0.05) is 12.5 Å². The maximum atomic E-state index is 6.52. The van der Waals surface area contributed by atoms with Crippen LogP contribution in [0.3, 0.4) is 0 Å². The molecule has 1 aromatic carbocycles. The topological polar surface area (TPSA) is 30.5 Å². The van der Waals surface area contributed by atoms with Crippen molar-refractivity contribution in [3.63, 3.8) is 0 Å². The quantitative estimate of drug-likeness (QED) is 0.890. The molecular formula is C19H29NO2. The first-order valence-corrected chi connectivity index (χ1v) is 8.75. The lowest BCUT2D eigenvalue weighted by atomic mass is 9.77. The average molecular weight is 303 g/mol. The molecule has 122 valence electrons. The van der Waals surface area contributed by atoms with Gasteiger partial charge in [-0.2, -0.15) is 0 Å². The van der Waals surface area contributed by atoms with E-state index in [1.165, 1.54) is 37.7 Å². The van der Waals surface area contributed by atoms with Crippen LogP contribution < -0.4 is 14.8 Å². The van der Waals surface area contributed by atoms with Crippen LogP contribution in [0.1, 0.15) is 64.0 Å². The second kappa shape index (κ2) is 6.49. The van der Waals surface area contributed by atoms with Crippen molar-refractivity contribution in [1.29, 1.82) is 0 Å². The highest BCUT2D eigenvalue weighted by Crippen LogP contribution is 2.48. The Hall–Kier alpha value is -1.22. The van der Waals surface area contributed by atoms with Crippen molar-refractivity contribution in [1.82, 2.24) is 5.32 Å². The van der Waals surface area contributed by atoms with Gasteiger partial charge < -0.3 is 14.8 Å². The molecule has 3 heteroatoms. The summed E-state index contributed by atoms with van der Waals surface area (Å²) in [6.45, 7) is 5.11. The largest absolute Gasteiger partial charge is 0.493 e. The Balaban J connectivity index is 1.90. The molecule has 0 radical (unpaired) electrons. The molecule has 1 atom stereocenters. The van der Waals surface area contributed by atoms with Crippen LogP contribution in [0.4, 0.5) is 0 Å². The Kier molecular flexibility index (Phi) is 4.62. The van der Waals surface area contributed by atoms with Crippen LogP contribution in [0.15, 0.2) is 18.2 Å². The van der Waals surface area contributed by atoms with Gasteiger partial charge in [0.05, 0.1) is 12.2 Å². The molecule has 2 aliphatic rings. The molecule has 0 bridgehead atoms. The summed E-state index contributed by atoms with van der Waals surface area (Å²) >= 11 is 0. The normalized spacial score (nSPS) is 23.2. The van der Waals surface area contributed by atoms with Crippen molar-refractivity contribution in [2.45, 2.75) is 64.0 Å². The molecule has 0 amide bonds. The highest BCUT2D eigenvalue weighted by Gasteiger charge is 2.42. The van der Waals surface area contributed by atoms with E-state index >= 15 is 0 Å². The van der Waals surface area contributed by atoms with Crippen LogP contribution in [0.25, 0.3) is 0 Å². The number of hydrogen-bond acceptors (Lipinski definition) is 3. The van der Waals surface area contributed by atoms with E-state index in [-0.39, 0.29) is 5.60 Å². The van der Waals surface area contributed by atoms with Gasteiger partial charge in [-0.05, 0) is 50.8 Å². The first-order valence-electron chi connectivity index (χ1n) is 8.75. The fourth-order valence-corrected chi connectivity index (χ4v) is 3.84. The second-order valence-electron chi connectivity index (χ2n) is 7.26. The lowest BCUT2D eigenvalue weighted by molar-refractivity contribution is -0.00269. The van der Waals surface area contributed by atoms with Crippen molar-refractivity contribution in [2.24, 2.45) is 5.92 Å². The Morgan fingerprint density at radius 1 is 1.27 bits per heavy atom. The van der Waals surface area contributed by atoms with Crippen molar-refractivity contribution >= 4 is 0 Å². The van der Waals surface area contributed by atoms with Crippen molar-refractivity contribution < 1.29 is 9.47 Å². The number of ether oxygens (including phenoxy) is 2.